The number of amides is 3. The molecule has 0 aliphatic carbocycles. The molecule has 4 aromatic carbocycles. The largest absolute Gasteiger partial charge is 0.497 e. The van der Waals surface area contributed by atoms with Crippen LogP contribution in [0, 0.1) is 0 Å². The van der Waals surface area contributed by atoms with Crippen LogP contribution in [0.1, 0.15) is 22.8 Å². The predicted molar refractivity (Wildman–Crippen MR) is 184 cm³/mol. The van der Waals surface area contributed by atoms with Crippen molar-refractivity contribution in [2.24, 2.45) is 0 Å². The Morgan fingerprint density at radius 2 is 1.64 bits per heavy atom. The van der Waals surface area contributed by atoms with Crippen molar-refractivity contribution in [2.75, 3.05) is 17.7 Å². The van der Waals surface area contributed by atoms with Gasteiger partial charge in [0.1, 0.15) is 11.4 Å². The smallest absolute Gasteiger partial charge is 0.272 e. The van der Waals surface area contributed by atoms with Crippen LogP contribution in [-0.2, 0) is 9.59 Å². The minimum Gasteiger partial charge on any atom is -0.497 e. The number of thiazole rings is 1. The fourth-order valence-electron chi connectivity index (χ4n) is 4.13. The number of thioether (sulfide) groups is 1. The highest BCUT2D eigenvalue weighted by molar-refractivity contribution is 8.00. The van der Waals surface area contributed by atoms with E-state index in [9.17, 15) is 14.4 Å². The molecule has 0 bridgehead atoms. The number of nitrogens with zero attached hydrogens (tertiary/aromatic N) is 1. The topological polar surface area (TPSA) is 109 Å². The summed E-state index contributed by atoms with van der Waals surface area (Å²) in [6.07, 6.45) is 1.43. The van der Waals surface area contributed by atoms with E-state index in [1.165, 1.54) is 29.2 Å². The van der Waals surface area contributed by atoms with Crippen LogP contribution in [0.3, 0.4) is 0 Å². The van der Waals surface area contributed by atoms with Gasteiger partial charge in [0.05, 0.1) is 22.6 Å². The zero-order valence-corrected chi connectivity index (χ0v) is 27.1. The maximum Gasteiger partial charge on any atom is 0.272 e. The van der Waals surface area contributed by atoms with E-state index in [1.807, 2.05) is 24.3 Å². The molecular formula is C33H26Cl2N4O4S2. The zero-order chi connectivity index (χ0) is 31.9. The van der Waals surface area contributed by atoms with Crippen molar-refractivity contribution < 1.29 is 19.1 Å². The summed E-state index contributed by atoms with van der Waals surface area (Å²) in [6, 6.07) is 26.1. The minimum atomic E-state index is -0.587. The van der Waals surface area contributed by atoms with Gasteiger partial charge < -0.3 is 20.7 Å². The third kappa shape index (κ3) is 8.23. The molecule has 0 saturated heterocycles. The lowest BCUT2D eigenvalue weighted by molar-refractivity contribution is -0.115. The van der Waals surface area contributed by atoms with E-state index in [4.69, 9.17) is 27.9 Å². The first-order valence-electron chi connectivity index (χ1n) is 13.6. The van der Waals surface area contributed by atoms with Gasteiger partial charge in [-0.05, 0) is 73.7 Å². The van der Waals surface area contributed by atoms with Crippen LogP contribution in [-0.4, -0.2) is 35.1 Å². The molecule has 5 rings (SSSR count). The van der Waals surface area contributed by atoms with Gasteiger partial charge >= 0.3 is 0 Å². The highest BCUT2D eigenvalue weighted by Gasteiger charge is 2.19. The molecule has 3 amide bonds. The number of carbonyl (C=O) groups excluding carboxylic acids is 3. The molecule has 0 fully saturated rings. The molecule has 0 aliphatic rings. The Labute approximate surface area is 277 Å². The summed E-state index contributed by atoms with van der Waals surface area (Å²) < 4.78 is 6.17. The Bertz CT molecular complexity index is 1890. The van der Waals surface area contributed by atoms with E-state index >= 15 is 0 Å². The Kier molecular flexibility index (Phi) is 10.4. The predicted octanol–water partition coefficient (Wildman–Crippen LogP) is 8.14. The number of hydrogen-bond donors (Lipinski definition) is 3. The average molecular weight is 678 g/mol. The number of ether oxygens (including phenoxy) is 1. The van der Waals surface area contributed by atoms with Crippen LogP contribution < -0.4 is 20.7 Å². The molecule has 8 nitrogen and oxygen atoms in total. The SMILES string of the molecule is COc1ccc2nc(NC(=O)C(C)Sc3cccc(NC(=O)/C(=C\c4c(Cl)cccc4Cl)NC(=O)c4ccccc4)c3)sc2c1. The molecule has 45 heavy (non-hydrogen) atoms. The molecular weight excluding hydrogens is 651 g/mol. The fraction of sp³-hybridized carbons (Fsp3) is 0.0909. The Morgan fingerprint density at radius 3 is 2.38 bits per heavy atom. The summed E-state index contributed by atoms with van der Waals surface area (Å²) in [5.41, 5.74) is 1.93. The maximum atomic E-state index is 13.5. The standard InChI is InChI=1S/C33H26Cl2N4O4S2/c1-19(30(40)39-33-38-27-15-14-22(43-2)17-29(27)45-33)44-23-11-6-10-21(16-23)36-32(42)28(18-24-25(34)12-7-13-26(24)35)37-31(41)20-8-4-3-5-9-20/h3-19H,1-2H3,(H,36,42)(H,37,41)(H,38,39,40)/b28-18+. The molecule has 0 spiro atoms. The molecule has 1 heterocycles. The van der Waals surface area contributed by atoms with E-state index in [0.29, 0.717) is 37.7 Å². The van der Waals surface area contributed by atoms with Crippen molar-refractivity contribution in [2.45, 2.75) is 17.1 Å². The lowest BCUT2D eigenvalue weighted by Gasteiger charge is -2.14. The van der Waals surface area contributed by atoms with Crippen molar-refractivity contribution in [3.05, 3.63) is 118 Å². The van der Waals surface area contributed by atoms with Crippen molar-refractivity contribution in [1.82, 2.24) is 10.3 Å². The van der Waals surface area contributed by atoms with Gasteiger partial charge in [-0.2, -0.15) is 0 Å². The maximum absolute atomic E-state index is 13.5. The summed E-state index contributed by atoms with van der Waals surface area (Å²) in [5, 5.41) is 9.04. The summed E-state index contributed by atoms with van der Waals surface area (Å²) >= 11 is 15.4. The van der Waals surface area contributed by atoms with Gasteiger partial charge in [-0.25, -0.2) is 4.98 Å². The molecule has 0 radical (unpaired) electrons. The molecule has 228 valence electrons. The number of fused-ring (bicyclic) bond motifs is 1. The van der Waals surface area contributed by atoms with E-state index in [2.05, 4.69) is 20.9 Å². The van der Waals surface area contributed by atoms with E-state index < -0.39 is 17.1 Å². The number of benzene rings is 4. The first kappa shape index (κ1) is 32.1. The number of rotatable bonds is 10. The molecule has 1 atom stereocenters. The molecule has 0 aliphatic heterocycles. The number of hydrogen-bond acceptors (Lipinski definition) is 7. The minimum absolute atomic E-state index is 0.0573. The van der Waals surface area contributed by atoms with Crippen molar-refractivity contribution in [3.63, 3.8) is 0 Å². The van der Waals surface area contributed by atoms with Crippen molar-refractivity contribution in [3.8, 4) is 5.75 Å². The van der Waals surface area contributed by atoms with Crippen LogP contribution in [0.25, 0.3) is 16.3 Å². The van der Waals surface area contributed by atoms with Gasteiger partial charge in [-0.3, -0.25) is 14.4 Å². The van der Waals surface area contributed by atoms with Gasteiger partial charge in [-0.15, -0.1) is 11.8 Å². The van der Waals surface area contributed by atoms with Gasteiger partial charge in [0.2, 0.25) is 5.91 Å². The molecule has 0 saturated carbocycles. The molecule has 3 N–H and O–H groups in total. The first-order valence-corrected chi connectivity index (χ1v) is 16.0. The highest BCUT2D eigenvalue weighted by atomic mass is 35.5. The summed E-state index contributed by atoms with van der Waals surface area (Å²) in [4.78, 5) is 44.7. The van der Waals surface area contributed by atoms with Gasteiger partial charge in [-0.1, -0.05) is 64.9 Å². The normalized spacial score (nSPS) is 12.0. The lowest BCUT2D eigenvalue weighted by atomic mass is 10.1. The van der Waals surface area contributed by atoms with Crippen LogP contribution in [0.2, 0.25) is 10.0 Å². The van der Waals surface area contributed by atoms with Crippen LogP contribution in [0.5, 0.6) is 5.75 Å². The zero-order valence-electron chi connectivity index (χ0n) is 24.0. The molecule has 5 aromatic rings. The second kappa shape index (κ2) is 14.6. The van der Waals surface area contributed by atoms with Crippen LogP contribution in [0.15, 0.2) is 102 Å². The van der Waals surface area contributed by atoms with Gasteiger partial charge in [0, 0.05) is 31.8 Å². The van der Waals surface area contributed by atoms with Crippen LogP contribution >= 0.6 is 46.3 Å². The number of carbonyl (C=O) groups is 3. The number of nitrogens with one attached hydrogen (secondary N) is 3. The van der Waals surface area contributed by atoms with E-state index in [-0.39, 0.29) is 11.6 Å². The molecule has 1 unspecified atom stereocenters. The number of aromatic nitrogens is 1. The van der Waals surface area contributed by atoms with Crippen molar-refractivity contribution >= 4 is 91.1 Å². The lowest BCUT2D eigenvalue weighted by Crippen LogP contribution is -2.30. The van der Waals surface area contributed by atoms with Gasteiger partial charge in [0.15, 0.2) is 5.13 Å². The Morgan fingerprint density at radius 1 is 0.911 bits per heavy atom. The average Bonchev–Trinajstić information content (AvgIpc) is 3.44. The summed E-state index contributed by atoms with van der Waals surface area (Å²) in [6.45, 7) is 1.79. The monoisotopic (exact) mass is 676 g/mol. The quantitative estimate of drug-likeness (QED) is 0.102. The molecule has 12 heteroatoms. The Balaban J connectivity index is 1.29. The Hall–Kier alpha value is -4.35. The van der Waals surface area contributed by atoms with Crippen molar-refractivity contribution in [1.29, 1.82) is 0 Å². The first-order chi connectivity index (χ1) is 21.7. The third-order valence-electron chi connectivity index (χ3n) is 6.42. The van der Waals surface area contributed by atoms with Crippen LogP contribution in [0.4, 0.5) is 10.8 Å². The van der Waals surface area contributed by atoms with Gasteiger partial charge in [0.25, 0.3) is 11.8 Å². The number of halogens is 2. The molecule has 1 aromatic heterocycles. The van der Waals surface area contributed by atoms with E-state index in [0.717, 1.165) is 15.1 Å². The highest BCUT2D eigenvalue weighted by Crippen LogP contribution is 2.31. The second-order valence-corrected chi connectivity index (χ2v) is 12.9. The number of anilines is 2. The van der Waals surface area contributed by atoms with E-state index in [1.54, 1.807) is 80.8 Å². The second-order valence-electron chi connectivity index (χ2n) is 9.60. The number of methoxy groups -OCH3 is 1. The third-order valence-corrected chi connectivity index (χ3v) is 9.10. The summed E-state index contributed by atoms with van der Waals surface area (Å²) in [5.74, 6) is -0.563. The summed E-state index contributed by atoms with van der Waals surface area (Å²) in [7, 11) is 1.60. The fourth-order valence-corrected chi connectivity index (χ4v) is 6.46.